The number of rotatable bonds is 7. The minimum absolute atomic E-state index is 0.195. The van der Waals surface area contributed by atoms with Crippen LogP contribution >= 0.6 is 11.3 Å². The van der Waals surface area contributed by atoms with Gasteiger partial charge in [-0.05, 0) is 50.0 Å². The summed E-state index contributed by atoms with van der Waals surface area (Å²) in [4.78, 5) is 31.7. The standard InChI is InChI=1S/C27H22F2N2O3S/c1-3-4-7-12-31(27-30-24-19-9-6-5-8-17(19)10-11-23(24)35-27)25(32)18-14-21(28)20(22(29)15-18)13-16(2)26(33)34/h1,5-6,8-9,13-15H,4,7,10-12H2,2H3,(H,33,34)/b16-13+. The number of aromatic nitrogens is 1. The zero-order valence-electron chi connectivity index (χ0n) is 19.0. The van der Waals surface area contributed by atoms with Gasteiger partial charge in [-0.25, -0.2) is 18.6 Å². The minimum Gasteiger partial charge on any atom is -0.478 e. The summed E-state index contributed by atoms with van der Waals surface area (Å²) in [6.45, 7) is 1.47. The smallest absolute Gasteiger partial charge is 0.331 e. The van der Waals surface area contributed by atoms with E-state index in [9.17, 15) is 18.4 Å². The number of fused-ring (bicyclic) bond motifs is 3. The van der Waals surface area contributed by atoms with Crippen molar-refractivity contribution >= 4 is 34.4 Å². The Labute approximate surface area is 205 Å². The van der Waals surface area contributed by atoms with Crippen molar-refractivity contribution in [3.05, 3.63) is 75.2 Å². The number of amides is 1. The first kappa shape index (κ1) is 24.3. The molecule has 8 heteroatoms. The first-order chi connectivity index (χ1) is 16.8. The summed E-state index contributed by atoms with van der Waals surface area (Å²) >= 11 is 1.39. The van der Waals surface area contributed by atoms with Gasteiger partial charge in [0.05, 0.1) is 5.69 Å². The number of carbonyl (C=O) groups is 2. The number of anilines is 1. The van der Waals surface area contributed by atoms with Gasteiger partial charge < -0.3 is 5.11 Å². The molecular weight excluding hydrogens is 470 g/mol. The maximum Gasteiger partial charge on any atom is 0.331 e. The topological polar surface area (TPSA) is 70.5 Å². The lowest BCUT2D eigenvalue weighted by Crippen LogP contribution is -2.32. The number of terminal acetylenes is 1. The van der Waals surface area contributed by atoms with Crippen molar-refractivity contribution < 1.29 is 23.5 Å². The summed E-state index contributed by atoms with van der Waals surface area (Å²) < 4.78 is 29.5. The Morgan fingerprint density at radius 3 is 2.63 bits per heavy atom. The molecule has 1 aromatic heterocycles. The fourth-order valence-electron chi connectivity index (χ4n) is 3.96. The number of thiazole rings is 1. The number of hydrogen-bond acceptors (Lipinski definition) is 4. The Bertz CT molecular complexity index is 1360. The second kappa shape index (κ2) is 10.2. The molecule has 0 fully saturated rings. The van der Waals surface area contributed by atoms with Crippen molar-refractivity contribution in [2.45, 2.75) is 32.6 Å². The predicted molar refractivity (Wildman–Crippen MR) is 132 cm³/mol. The van der Waals surface area contributed by atoms with Crippen LogP contribution < -0.4 is 4.90 Å². The van der Waals surface area contributed by atoms with Crippen LogP contribution in [-0.4, -0.2) is 28.5 Å². The van der Waals surface area contributed by atoms with Crippen molar-refractivity contribution in [3.8, 4) is 23.6 Å². The van der Waals surface area contributed by atoms with Crippen molar-refractivity contribution in [2.24, 2.45) is 0 Å². The highest BCUT2D eigenvalue weighted by atomic mass is 32.1. The number of carbonyl (C=O) groups excluding carboxylic acids is 1. The van der Waals surface area contributed by atoms with E-state index in [4.69, 9.17) is 16.5 Å². The van der Waals surface area contributed by atoms with Gasteiger partial charge in [-0.1, -0.05) is 24.3 Å². The van der Waals surface area contributed by atoms with Gasteiger partial charge >= 0.3 is 5.97 Å². The molecule has 5 nitrogen and oxygen atoms in total. The maximum atomic E-state index is 14.7. The van der Waals surface area contributed by atoms with Crippen LogP contribution in [0.4, 0.5) is 13.9 Å². The number of benzene rings is 2. The fraction of sp³-hybridized carbons (Fsp3) is 0.222. The third-order valence-corrected chi connectivity index (χ3v) is 6.92. The van der Waals surface area contributed by atoms with E-state index in [-0.39, 0.29) is 17.7 Å². The van der Waals surface area contributed by atoms with E-state index in [0.29, 0.717) is 18.0 Å². The Balaban J connectivity index is 1.72. The van der Waals surface area contributed by atoms with Gasteiger partial charge in [0.25, 0.3) is 5.91 Å². The molecule has 0 spiro atoms. The molecule has 0 radical (unpaired) electrons. The molecule has 1 aliphatic rings. The van der Waals surface area contributed by atoms with Crippen LogP contribution in [0.25, 0.3) is 17.3 Å². The number of hydrogen-bond donors (Lipinski definition) is 1. The summed E-state index contributed by atoms with van der Waals surface area (Å²) in [6, 6.07) is 9.81. The van der Waals surface area contributed by atoms with Crippen LogP contribution in [0.5, 0.6) is 0 Å². The molecule has 0 aliphatic heterocycles. The molecule has 2 aromatic carbocycles. The van der Waals surface area contributed by atoms with Gasteiger partial charge in [0.1, 0.15) is 11.6 Å². The number of aliphatic carboxylic acids is 1. The molecule has 0 saturated carbocycles. The Kier molecular flexibility index (Phi) is 7.08. The van der Waals surface area contributed by atoms with Gasteiger partial charge in [-0.3, -0.25) is 9.69 Å². The van der Waals surface area contributed by atoms with Crippen molar-refractivity contribution in [1.82, 2.24) is 4.98 Å². The second-order valence-electron chi connectivity index (χ2n) is 8.18. The average Bonchev–Trinajstić information content (AvgIpc) is 3.28. The molecule has 0 unspecified atom stereocenters. The Morgan fingerprint density at radius 1 is 1.23 bits per heavy atom. The van der Waals surface area contributed by atoms with E-state index in [2.05, 4.69) is 12.0 Å². The monoisotopic (exact) mass is 492 g/mol. The quantitative estimate of drug-likeness (QED) is 0.260. The van der Waals surface area contributed by atoms with Gasteiger partial charge in [0.15, 0.2) is 5.13 Å². The van der Waals surface area contributed by atoms with E-state index >= 15 is 0 Å². The lowest BCUT2D eigenvalue weighted by molar-refractivity contribution is -0.132. The van der Waals surface area contributed by atoms with Crippen LogP contribution in [0.15, 0.2) is 42.0 Å². The SMILES string of the molecule is C#CCCCN(C(=O)c1cc(F)c(/C=C(\C)C(=O)O)c(F)c1)c1nc2c(s1)CCc1ccccc1-2. The lowest BCUT2D eigenvalue weighted by Gasteiger charge is -2.20. The van der Waals surface area contributed by atoms with Gasteiger partial charge in [-0.2, -0.15) is 0 Å². The molecule has 0 bridgehead atoms. The molecule has 1 heterocycles. The molecule has 178 valence electrons. The lowest BCUT2D eigenvalue weighted by atomic mass is 9.94. The summed E-state index contributed by atoms with van der Waals surface area (Å²) in [5.74, 6) is -1.41. The number of halogens is 2. The van der Waals surface area contributed by atoms with Gasteiger partial charge in [0.2, 0.25) is 0 Å². The zero-order chi connectivity index (χ0) is 25.1. The third kappa shape index (κ3) is 5.00. The highest BCUT2D eigenvalue weighted by molar-refractivity contribution is 7.16. The van der Waals surface area contributed by atoms with Crippen molar-refractivity contribution in [3.63, 3.8) is 0 Å². The molecule has 1 N–H and O–H groups in total. The van der Waals surface area contributed by atoms with Crippen molar-refractivity contribution in [2.75, 3.05) is 11.4 Å². The average molecular weight is 493 g/mol. The largest absolute Gasteiger partial charge is 0.478 e. The van der Waals surface area contributed by atoms with Gasteiger partial charge in [-0.15, -0.1) is 23.7 Å². The van der Waals surface area contributed by atoms with Crippen LogP contribution in [0.2, 0.25) is 0 Å². The molecule has 1 amide bonds. The van der Waals surface area contributed by atoms with Crippen molar-refractivity contribution in [1.29, 1.82) is 0 Å². The fourth-order valence-corrected chi connectivity index (χ4v) is 5.05. The molecule has 0 atom stereocenters. The number of carboxylic acid groups (broad SMARTS) is 1. The van der Waals surface area contributed by atoms with Gasteiger partial charge in [0, 0.05) is 40.1 Å². The second-order valence-corrected chi connectivity index (χ2v) is 9.24. The normalized spacial score (nSPS) is 12.5. The highest BCUT2D eigenvalue weighted by Gasteiger charge is 2.27. The van der Waals surface area contributed by atoms with E-state index < -0.39 is 29.1 Å². The summed E-state index contributed by atoms with van der Waals surface area (Å²) in [5, 5.41) is 9.45. The summed E-state index contributed by atoms with van der Waals surface area (Å²) in [5.41, 5.74) is 2.09. The van der Waals surface area contributed by atoms with Crippen LogP contribution in [0.3, 0.4) is 0 Å². The molecule has 0 saturated heterocycles. The predicted octanol–water partition coefficient (Wildman–Crippen LogP) is 5.74. The molecule has 4 rings (SSSR count). The van der Waals surface area contributed by atoms with E-state index in [1.807, 2.05) is 18.2 Å². The molecule has 35 heavy (non-hydrogen) atoms. The Morgan fingerprint density at radius 2 is 1.94 bits per heavy atom. The first-order valence-electron chi connectivity index (χ1n) is 11.0. The maximum absolute atomic E-state index is 14.7. The molecule has 3 aromatic rings. The number of aryl methyl sites for hydroxylation is 2. The Hall–Kier alpha value is -3.83. The first-order valence-corrected chi connectivity index (χ1v) is 11.9. The molecule has 1 aliphatic carbocycles. The van der Waals surface area contributed by atoms with Crippen LogP contribution in [0.1, 0.15) is 46.1 Å². The minimum atomic E-state index is -1.29. The number of nitrogens with zero attached hydrogens (tertiary/aromatic N) is 2. The molecular formula is C27H22F2N2O3S. The van der Waals surface area contributed by atoms with Crippen LogP contribution in [0, 0.1) is 24.0 Å². The third-order valence-electron chi connectivity index (χ3n) is 5.78. The van der Waals surface area contributed by atoms with E-state index in [1.165, 1.54) is 28.7 Å². The summed E-state index contributed by atoms with van der Waals surface area (Å²) in [6.07, 6.45) is 8.87. The number of carboxylic acids is 1. The highest BCUT2D eigenvalue weighted by Crippen LogP contribution is 2.39. The zero-order valence-corrected chi connectivity index (χ0v) is 19.8. The van der Waals surface area contributed by atoms with E-state index in [1.54, 1.807) is 0 Å². The van der Waals surface area contributed by atoms with E-state index in [0.717, 1.165) is 47.2 Å². The van der Waals surface area contributed by atoms with Crippen LogP contribution in [-0.2, 0) is 17.6 Å². The summed E-state index contributed by atoms with van der Waals surface area (Å²) in [7, 11) is 0. The number of unbranched alkanes of at least 4 members (excludes halogenated alkanes) is 1.